The number of aromatic amines is 1. The van der Waals surface area contributed by atoms with Crippen LogP contribution in [0.3, 0.4) is 0 Å². The average molecular weight is 525 g/mol. The summed E-state index contributed by atoms with van der Waals surface area (Å²) in [5.41, 5.74) is 3.20. The highest BCUT2D eigenvalue weighted by Crippen LogP contribution is 2.47. The maximum atomic E-state index is 14.0. The molecule has 1 N–H and O–H groups in total. The van der Waals surface area contributed by atoms with Gasteiger partial charge in [-0.2, -0.15) is 5.21 Å². The summed E-state index contributed by atoms with van der Waals surface area (Å²) in [4.78, 5) is 38.4. The van der Waals surface area contributed by atoms with Crippen LogP contribution in [0, 0.1) is 0 Å². The Balaban J connectivity index is 1.21. The van der Waals surface area contributed by atoms with Crippen molar-refractivity contribution >= 4 is 17.8 Å². The quantitative estimate of drug-likeness (QED) is 0.472. The van der Waals surface area contributed by atoms with Gasteiger partial charge in [0.25, 0.3) is 5.91 Å². The van der Waals surface area contributed by atoms with E-state index in [1.165, 1.54) is 0 Å². The van der Waals surface area contributed by atoms with Gasteiger partial charge in [-0.3, -0.25) is 14.6 Å². The van der Waals surface area contributed by atoms with Crippen molar-refractivity contribution in [2.75, 3.05) is 0 Å². The maximum absolute atomic E-state index is 14.0. The zero-order valence-corrected chi connectivity index (χ0v) is 22.2. The summed E-state index contributed by atoms with van der Waals surface area (Å²) < 4.78 is 0. The molecule has 0 radical (unpaired) electrons. The molecule has 2 atom stereocenters. The Bertz CT molecular complexity index is 1440. The number of fused-ring (bicyclic) bond motifs is 1. The maximum Gasteiger partial charge on any atom is 0.329 e. The van der Waals surface area contributed by atoms with Crippen LogP contribution in [0.2, 0.25) is 0 Å². The lowest BCUT2D eigenvalue weighted by Crippen LogP contribution is -2.72. The number of carbonyl (C=O) groups excluding carboxylic acids is 2. The van der Waals surface area contributed by atoms with Gasteiger partial charge in [-0.15, -0.1) is 10.2 Å². The minimum Gasteiger partial charge on any atom is -0.340 e. The van der Waals surface area contributed by atoms with E-state index in [2.05, 4.69) is 62.8 Å². The Morgan fingerprint density at radius 3 is 2.33 bits per heavy atom. The molecule has 2 saturated carbocycles. The number of rotatable bonds is 8. The standard InChI is InChI=1S/C29H32N8O2/c1-3-6-24-30-29(2)25(27(38)36(20-13-14-20)28(39)37(29)21-15-16-21)35(24)17-18-9-11-19(12-10-18)22-7-4-5-8-23(22)26-31-33-34-32-26/h4-5,7-12,20-21,25H,3,6,13-17H2,1-2H3,(H,31,32,33,34). The smallest absolute Gasteiger partial charge is 0.329 e. The number of nitrogens with zero attached hydrogens (tertiary/aromatic N) is 7. The number of imide groups is 1. The summed E-state index contributed by atoms with van der Waals surface area (Å²) in [6.07, 6.45) is 5.44. The van der Waals surface area contributed by atoms with Gasteiger partial charge in [-0.05, 0) is 60.9 Å². The molecule has 3 aromatic rings. The second kappa shape index (κ2) is 9.00. The van der Waals surface area contributed by atoms with E-state index in [0.29, 0.717) is 12.4 Å². The fourth-order valence-corrected chi connectivity index (χ4v) is 6.24. The number of aromatic nitrogens is 4. The molecule has 4 aliphatic rings. The molecule has 10 heteroatoms. The van der Waals surface area contributed by atoms with E-state index in [4.69, 9.17) is 4.99 Å². The topological polar surface area (TPSA) is 111 Å². The predicted molar refractivity (Wildman–Crippen MR) is 145 cm³/mol. The Morgan fingerprint density at radius 2 is 1.69 bits per heavy atom. The number of benzene rings is 2. The predicted octanol–water partition coefficient (Wildman–Crippen LogP) is 4.22. The summed E-state index contributed by atoms with van der Waals surface area (Å²) >= 11 is 0. The fraction of sp³-hybridized carbons (Fsp3) is 0.448. The van der Waals surface area contributed by atoms with Gasteiger partial charge in [-0.1, -0.05) is 55.5 Å². The highest BCUT2D eigenvalue weighted by atomic mass is 16.2. The van der Waals surface area contributed by atoms with Crippen LogP contribution >= 0.6 is 0 Å². The van der Waals surface area contributed by atoms with Gasteiger partial charge in [0.05, 0.1) is 0 Å². The molecule has 2 aliphatic heterocycles. The van der Waals surface area contributed by atoms with Crippen LogP contribution in [-0.2, 0) is 11.3 Å². The monoisotopic (exact) mass is 524 g/mol. The van der Waals surface area contributed by atoms with E-state index >= 15 is 0 Å². The lowest BCUT2D eigenvalue weighted by molar-refractivity contribution is -0.142. The van der Waals surface area contributed by atoms with E-state index in [1.807, 2.05) is 30.0 Å². The third-order valence-electron chi connectivity index (χ3n) is 8.32. The number of H-pyrrole nitrogens is 1. The minimum atomic E-state index is -0.866. The number of hydrogen-bond acceptors (Lipinski definition) is 7. The molecular formula is C29H32N8O2. The molecular weight excluding hydrogens is 492 g/mol. The van der Waals surface area contributed by atoms with Crippen molar-refractivity contribution in [3.8, 4) is 22.5 Å². The first kappa shape index (κ1) is 24.0. The number of aliphatic imine (C=N–C) groups is 1. The first-order valence-corrected chi connectivity index (χ1v) is 13.9. The van der Waals surface area contributed by atoms with Crippen LogP contribution in [0.4, 0.5) is 4.79 Å². The summed E-state index contributed by atoms with van der Waals surface area (Å²) in [5, 5.41) is 14.5. The Kier molecular flexibility index (Phi) is 5.54. The van der Waals surface area contributed by atoms with Gasteiger partial charge in [0.15, 0.2) is 11.7 Å². The van der Waals surface area contributed by atoms with Crippen molar-refractivity contribution in [1.29, 1.82) is 0 Å². The van der Waals surface area contributed by atoms with Crippen LogP contribution < -0.4 is 0 Å². The van der Waals surface area contributed by atoms with Crippen LogP contribution in [-0.4, -0.2) is 76.9 Å². The first-order chi connectivity index (χ1) is 19.0. The second-order valence-electron chi connectivity index (χ2n) is 11.2. The molecule has 200 valence electrons. The van der Waals surface area contributed by atoms with Crippen molar-refractivity contribution in [1.82, 2.24) is 35.3 Å². The number of tetrazole rings is 1. The van der Waals surface area contributed by atoms with Crippen molar-refractivity contribution in [2.45, 2.75) is 82.7 Å². The van der Waals surface area contributed by atoms with Gasteiger partial charge >= 0.3 is 6.03 Å². The molecule has 10 nitrogen and oxygen atoms in total. The summed E-state index contributed by atoms with van der Waals surface area (Å²) in [7, 11) is 0. The van der Waals surface area contributed by atoms with E-state index < -0.39 is 11.7 Å². The normalized spacial score (nSPS) is 24.8. The highest BCUT2D eigenvalue weighted by molar-refractivity contribution is 6.05. The van der Waals surface area contributed by atoms with E-state index in [1.54, 1.807) is 4.90 Å². The van der Waals surface area contributed by atoms with Crippen LogP contribution in [0.25, 0.3) is 22.5 Å². The number of amides is 3. The molecule has 3 heterocycles. The number of nitrogens with one attached hydrogen (secondary N) is 1. The molecule has 2 aliphatic carbocycles. The third-order valence-corrected chi connectivity index (χ3v) is 8.32. The Labute approximate surface area is 227 Å². The summed E-state index contributed by atoms with van der Waals surface area (Å²) in [5.74, 6) is 1.38. The lowest BCUT2D eigenvalue weighted by atomic mass is 9.95. The molecule has 2 unspecified atom stereocenters. The molecule has 3 amide bonds. The Morgan fingerprint density at radius 1 is 0.974 bits per heavy atom. The zero-order valence-electron chi connectivity index (χ0n) is 22.2. The average Bonchev–Trinajstić information content (AvgIpc) is 3.86. The SMILES string of the molecule is CCCC1=NC2(C)C(C(=O)N(C3CC3)C(=O)N2C2CC2)N1Cc1ccc(-c2ccccc2-c2nn[nH]n2)cc1. The number of hydrogen-bond donors (Lipinski definition) is 1. The molecule has 0 bridgehead atoms. The fourth-order valence-electron chi connectivity index (χ4n) is 6.24. The first-order valence-electron chi connectivity index (χ1n) is 13.9. The summed E-state index contributed by atoms with van der Waals surface area (Å²) in [6.45, 7) is 4.68. The van der Waals surface area contributed by atoms with E-state index in [-0.39, 0.29) is 24.0 Å². The second-order valence-corrected chi connectivity index (χ2v) is 11.2. The molecule has 1 saturated heterocycles. The van der Waals surface area contributed by atoms with Crippen LogP contribution in [0.15, 0.2) is 53.5 Å². The molecule has 3 fully saturated rings. The number of urea groups is 1. The third kappa shape index (κ3) is 3.92. The van der Waals surface area contributed by atoms with Gasteiger partial charge in [0.1, 0.15) is 5.84 Å². The molecule has 1 aromatic heterocycles. The van der Waals surface area contributed by atoms with Crippen molar-refractivity contribution < 1.29 is 9.59 Å². The van der Waals surface area contributed by atoms with Gasteiger partial charge in [0, 0.05) is 30.6 Å². The van der Waals surface area contributed by atoms with Crippen molar-refractivity contribution in [3.05, 3.63) is 54.1 Å². The zero-order chi connectivity index (χ0) is 26.7. The van der Waals surface area contributed by atoms with E-state index in [0.717, 1.165) is 66.6 Å². The molecule has 2 aromatic carbocycles. The molecule has 39 heavy (non-hydrogen) atoms. The largest absolute Gasteiger partial charge is 0.340 e. The van der Waals surface area contributed by atoms with Crippen molar-refractivity contribution in [2.24, 2.45) is 4.99 Å². The minimum absolute atomic E-state index is 0.0337. The van der Waals surface area contributed by atoms with Gasteiger partial charge in [-0.25, -0.2) is 9.79 Å². The summed E-state index contributed by atoms with van der Waals surface area (Å²) in [6, 6.07) is 16.0. The lowest BCUT2D eigenvalue weighted by Gasteiger charge is -2.49. The van der Waals surface area contributed by atoms with Gasteiger partial charge < -0.3 is 4.90 Å². The van der Waals surface area contributed by atoms with Gasteiger partial charge in [0.2, 0.25) is 5.82 Å². The van der Waals surface area contributed by atoms with Crippen LogP contribution in [0.5, 0.6) is 0 Å². The number of amidine groups is 1. The molecule has 0 spiro atoms. The van der Waals surface area contributed by atoms with Crippen LogP contribution in [0.1, 0.15) is 57.9 Å². The van der Waals surface area contributed by atoms with E-state index in [9.17, 15) is 9.59 Å². The number of carbonyl (C=O) groups is 2. The Hall–Kier alpha value is -4.08. The highest BCUT2D eigenvalue weighted by Gasteiger charge is 2.64. The molecule has 7 rings (SSSR count). The van der Waals surface area contributed by atoms with Crippen molar-refractivity contribution in [3.63, 3.8) is 0 Å².